The smallest absolute Gasteiger partial charge is 0.269 e. The molecule has 0 aliphatic carbocycles. The van der Waals surface area contributed by atoms with Crippen molar-refractivity contribution in [2.24, 2.45) is 0 Å². The Hall–Kier alpha value is -1.24. The number of carbonyl (C=O) groups is 1. The molecule has 0 bridgehead atoms. The summed E-state index contributed by atoms with van der Waals surface area (Å²) in [4.78, 5) is 22.0. The molecule has 9 heteroatoms. The minimum absolute atomic E-state index is 0.0513. The Morgan fingerprint density at radius 2 is 1.87 bits per heavy atom. The number of non-ortho nitro benzene ring substituents is 1. The summed E-state index contributed by atoms with van der Waals surface area (Å²) in [6.45, 7) is 2.04. The minimum atomic E-state index is -1.78. The zero-order valence-electron chi connectivity index (χ0n) is 12.5. The third kappa shape index (κ3) is 7.24. The molecule has 128 valence electrons. The minimum Gasteiger partial charge on any atom is -0.362 e. The summed E-state index contributed by atoms with van der Waals surface area (Å²) in [6.07, 6.45) is 2.09. The molecule has 6 nitrogen and oxygen atoms in total. The first-order valence-corrected chi connectivity index (χ1v) is 8.24. The van der Waals surface area contributed by atoms with E-state index in [2.05, 4.69) is 10.6 Å². The molecule has 0 aromatic heterocycles. The number of nitrogens with zero attached hydrogens (tertiary/aromatic N) is 1. The van der Waals surface area contributed by atoms with Crippen LogP contribution >= 0.6 is 34.8 Å². The van der Waals surface area contributed by atoms with E-state index in [1.54, 1.807) is 0 Å². The zero-order valence-corrected chi connectivity index (χ0v) is 14.8. The first-order chi connectivity index (χ1) is 10.7. The van der Waals surface area contributed by atoms with Crippen LogP contribution in [0.1, 0.15) is 32.6 Å². The second kappa shape index (κ2) is 9.15. The number of nitro benzene ring substituents is 1. The van der Waals surface area contributed by atoms with Crippen molar-refractivity contribution < 1.29 is 9.72 Å². The molecule has 0 spiro atoms. The molecule has 0 aliphatic heterocycles. The molecule has 0 saturated heterocycles. The third-order valence-corrected chi connectivity index (χ3v) is 3.68. The molecule has 0 aliphatic rings. The SMILES string of the molecule is CCCCCC(=O)N[C@@H](Nc1ccc([N+](=O)[O-])cc1)C(Cl)(Cl)Cl. The van der Waals surface area contributed by atoms with Crippen LogP contribution in [-0.2, 0) is 4.79 Å². The summed E-state index contributed by atoms with van der Waals surface area (Å²) in [5.74, 6) is -0.232. The number of amides is 1. The molecule has 1 rings (SSSR count). The molecule has 1 amide bonds. The number of alkyl halides is 3. The van der Waals surface area contributed by atoms with Crippen molar-refractivity contribution in [2.75, 3.05) is 5.32 Å². The predicted molar refractivity (Wildman–Crippen MR) is 93.1 cm³/mol. The number of unbranched alkanes of at least 4 members (excludes halogenated alkanes) is 2. The standard InChI is InChI=1S/C14H18Cl3N3O3/c1-2-3-4-5-12(21)19-13(14(15,16)17)18-10-6-8-11(9-7-10)20(22)23/h6-9,13,18H,2-5H2,1H3,(H,19,21)/t13-/m1/s1. The summed E-state index contributed by atoms with van der Waals surface area (Å²) in [6, 6.07) is 5.59. The highest BCUT2D eigenvalue weighted by Gasteiger charge is 2.34. The summed E-state index contributed by atoms with van der Waals surface area (Å²) < 4.78 is -1.78. The fourth-order valence-corrected chi connectivity index (χ4v) is 2.14. The van der Waals surface area contributed by atoms with Gasteiger partial charge in [-0.25, -0.2) is 0 Å². The van der Waals surface area contributed by atoms with Crippen LogP contribution in [0.25, 0.3) is 0 Å². The zero-order chi connectivity index (χ0) is 17.5. The number of rotatable bonds is 8. The van der Waals surface area contributed by atoms with Gasteiger partial charge in [-0.3, -0.25) is 14.9 Å². The van der Waals surface area contributed by atoms with E-state index >= 15 is 0 Å². The van der Waals surface area contributed by atoms with Crippen LogP contribution in [0.2, 0.25) is 0 Å². The number of halogens is 3. The lowest BCUT2D eigenvalue weighted by Crippen LogP contribution is -2.49. The van der Waals surface area contributed by atoms with Gasteiger partial charge >= 0.3 is 0 Å². The van der Waals surface area contributed by atoms with Crippen molar-refractivity contribution in [3.8, 4) is 0 Å². The summed E-state index contributed by atoms with van der Waals surface area (Å²) in [5.41, 5.74) is 0.436. The van der Waals surface area contributed by atoms with Gasteiger partial charge in [0.2, 0.25) is 9.70 Å². The number of benzene rings is 1. The molecule has 0 fully saturated rings. The molecule has 1 atom stereocenters. The van der Waals surface area contributed by atoms with E-state index in [0.29, 0.717) is 12.1 Å². The second-order valence-electron chi connectivity index (χ2n) is 4.95. The van der Waals surface area contributed by atoms with Gasteiger partial charge in [-0.05, 0) is 18.6 Å². The molecule has 0 radical (unpaired) electrons. The Morgan fingerprint density at radius 1 is 1.26 bits per heavy atom. The highest BCUT2D eigenvalue weighted by atomic mass is 35.6. The van der Waals surface area contributed by atoms with Crippen molar-refractivity contribution in [1.29, 1.82) is 0 Å². The van der Waals surface area contributed by atoms with Crippen molar-refractivity contribution >= 4 is 52.1 Å². The Morgan fingerprint density at radius 3 is 2.35 bits per heavy atom. The fraction of sp³-hybridized carbons (Fsp3) is 0.500. The number of hydrogen-bond acceptors (Lipinski definition) is 4. The van der Waals surface area contributed by atoms with E-state index in [9.17, 15) is 14.9 Å². The van der Waals surface area contributed by atoms with Crippen LogP contribution < -0.4 is 10.6 Å². The van der Waals surface area contributed by atoms with Gasteiger partial charge in [-0.1, -0.05) is 54.6 Å². The van der Waals surface area contributed by atoms with Gasteiger partial charge in [0, 0.05) is 24.2 Å². The first-order valence-electron chi connectivity index (χ1n) is 7.11. The van der Waals surface area contributed by atoms with E-state index in [4.69, 9.17) is 34.8 Å². The van der Waals surface area contributed by atoms with Gasteiger partial charge in [-0.2, -0.15) is 0 Å². The van der Waals surface area contributed by atoms with E-state index < -0.39 is 14.9 Å². The summed E-state index contributed by atoms with van der Waals surface area (Å²) >= 11 is 17.6. The van der Waals surface area contributed by atoms with Gasteiger partial charge in [0.15, 0.2) is 0 Å². The highest BCUT2D eigenvalue weighted by Crippen LogP contribution is 2.31. The Labute approximate surface area is 149 Å². The Balaban J connectivity index is 2.71. The molecule has 0 heterocycles. The number of carbonyl (C=O) groups excluding carboxylic acids is 1. The van der Waals surface area contributed by atoms with Crippen LogP contribution in [0.4, 0.5) is 11.4 Å². The number of hydrogen-bond donors (Lipinski definition) is 2. The van der Waals surface area contributed by atoms with Crippen LogP contribution in [0.3, 0.4) is 0 Å². The average molecular weight is 383 g/mol. The Kier molecular flexibility index (Phi) is 7.88. The van der Waals surface area contributed by atoms with E-state index in [0.717, 1.165) is 19.3 Å². The number of nitro groups is 1. The van der Waals surface area contributed by atoms with E-state index in [1.165, 1.54) is 24.3 Å². The van der Waals surface area contributed by atoms with Crippen LogP contribution in [0, 0.1) is 10.1 Å². The molecule has 1 aromatic rings. The van der Waals surface area contributed by atoms with E-state index in [1.807, 2.05) is 6.92 Å². The maximum Gasteiger partial charge on any atom is 0.269 e. The maximum atomic E-state index is 11.9. The molecule has 0 unspecified atom stereocenters. The highest BCUT2D eigenvalue weighted by molar-refractivity contribution is 6.68. The van der Waals surface area contributed by atoms with Crippen molar-refractivity contribution in [3.63, 3.8) is 0 Å². The lowest BCUT2D eigenvalue weighted by molar-refractivity contribution is -0.384. The molecule has 0 saturated carbocycles. The van der Waals surface area contributed by atoms with E-state index in [-0.39, 0.29) is 11.6 Å². The molecule has 2 N–H and O–H groups in total. The maximum absolute atomic E-state index is 11.9. The molecular weight excluding hydrogens is 365 g/mol. The fourth-order valence-electron chi connectivity index (χ4n) is 1.81. The van der Waals surface area contributed by atoms with Crippen molar-refractivity contribution in [3.05, 3.63) is 34.4 Å². The number of nitrogens with one attached hydrogen (secondary N) is 2. The summed E-state index contributed by atoms with van der Waals surface area (Å²) in [5, 5.41) is 16.1. The van der Waals surface area contributed by atoms with Gasteiger partial charge in [-0.15, -0.1) is 0 Å². The van der Waals surface area contributed by atoms with Crippen LogP contribution in [-0.4, -0.2) is 20.8 Å². The topological polar surface area (TPSA) is 84.3 Å². The second-order valence-corrected chi connectivity index (χ2v) is 7.32. The van der Waals surface area contributed by atoms with Crippen molar-refractivity contribution in [2.45, 2.75) is 42.6 Å². The van der Waals surface area contributed by atoms with Gasteiger partial charge < -0.3 is 10.6 Å². The van der Waals surface area contributed by atoms with Gasteiger partial charge in [0.05, 0.1) is 4.92 Å². The van der Waals surface area contributed by atoms with Crippen molar-refractivity contribution in [1.82, 2.24) is 5.32 Å². The van der Waals surface area contributed by atoms with Gasteiger partial charge in [0.1, 0.15) is 6.17 Å². The average Bonchev–Trinajstić information content (AvgIpc) is 2.46. The van der Waals surface area contributed by atoms with Crippen LogP contribution in [0.15, 0.2) is 24.3 Å². The third-order valence-electron chi connectivity index (χ3n) is 3.03. The normalized spacial score (nSPS) is 12.5. The van der Waals surface area contributed by atoms with Gasteiger partial charge in [0.25, 0.3) is 5.69 Å². The molecule has 23 heavy (non-hydrogen) atoms. The predicted octanol–water partition coefficient (Wildman–Crippen LogP) is 4.40. The Bertz CT molecular complexity index is 532. The molecular formula is C14H18Cl3N3O3. The number of anilines is 1. The van der Waals surface area contributed by atoms with Crippen LogP contribution in [0.5, 0.6) is 0 Å². The monoisotopic (exact) mass is 381 g/mol. The quantitative estimate of drug-likeness (QED) is 0.229. The molecule has 1 aromatic carbocycles. The lowest BCUT2D eigenvalue weighted by Gasteiger charge is -2.27. The largest absolute Gasteiger partial charge is 0.362 e. The summed E-state index contributed by atoms with van der Waals surface area (Å²) in [7, 11) is 0. The first kappa shape index (κ1) is 19.8. The lowest BCUT2D eigenvalue weighted by atomic mass is 10.2.